The Kier molecular flexibility index (Phi) is 27.5. The summed E-state index contributed by atoms with van der Waals surface area (Å²) in [5.41, 5.74) is 29.2. The summed E-state index contributed by atoms with van der Waals surface area (Å²) in [7, 11) is 11.6. The highest BCUT2D eigenvalue weighted by molar-refractivity contribution is 5.96. The summed E-state index contributed by atoms with van der Waals surface area (Å²) in [6, 6.07) is 44.9. The molecule has 0 radical (unpaired) electrons. The minimum absolute atomic E-state index is 0.0145. The van der Waals surface area contributed by atoms with Crippen LogP contribution in [0.2, 0.25) is 0 Å². The molecule has 6 heterocycles. The van der Waals surface area contributed by atoms with Gasteiger partial charge in [-0.25, -0.2) is 9.69 Å². The monoisotopic (exact) mass is 1590 g/mol. The van der Waals surface area contributed by atoms with E-state index in [0.29, 0.717) is 52.3 Å². The van der Waals surface area contributed by atoms with Crippen molar-refractivity contribution in [1.82, 2.24) is 19.6 Å². The summed E-state index contributed by atoms with van der Waals surface area (Å²) in [4.78, 5) is 60.1. The smallest absolute Gasteiger partial charge is 0.253 e. The van der Waals surface area contributed by atoms with Crippen molar-refractivity contribution in [1.29, 1.82) is 0 Å². The average molecular weight is 1590 g/mol. The fourth-order valence-corrected chi connectivity index (χ4v) is 16.4. The third-order valence-electron chi connectivity index (χ3n) is 24.0. The maximum atomic E-state index is 7.56. The predicted octanol–water partition coefficient (Wildman–Crippen LogP) is 23.7. The van der Waals surface area contributed by atoms with Crippen molar-refractivity contribution >= 4 is 68.2 Å². The molecule has 6 atom stereocenters. The first-order valence-corrected chi connectivity index (χ1v) is 39.5. The maximum absolute atomic E-state index is 7.56. The van der Waals surface area contributed by atoms with Crippen LogP contribution in [0, 0.1) is 163 Å². The van der Waals surface area contributed by atoms with E-state index < -0.39 is 0 Å². The van der Waals surface area contributed by atoms with Gasteiger partial charge >= 0.3 is 0 Å². The van der Waals surface area contributed by atoms with Gasteiger partial charge in [-0.1, -0.05) is 161 Å². The lowest BCUT2D eigenvalue weighted by molar-refractivity contribution is 0.364. The predicted molar refractivity (Wildman–Crippen MR) is 490 cm³/mol. The molecule has 0 unspecified atom stereocenters. The zero-order valence-electron chi connectivity index (χ0n) is 74.0. The van der Waals surface area contributed by atoms with Gasteiger partial charge in [-0.05, 0) is 213 Å². The lowest BCUT2D eigenvalue weighted by atomic mass is 9.97. The highest BCUT2D eigenvalue weighted by Crippen LogP contribution is 2.53. The van der Waals surface area contributed by atoms with E-state index in [4.69, 9.17) is 65.7 Å². The molecule has 120 heavy (non-hydrogen) atoms. The second-order valence-corrected chi connectivity index (χ2v) is 31.1. The number of para-hydroxylation sites is 4. The fraction of sp³-hybridized carbons (Fsp3) is 0.327. The van der Waals surface area contributed by atoms with Crippen molar-refractivity contribution in [2.24, 2.45) is 0 Å². The molecule has 6 aliphatic rings. The number of nitrogens with zero attached hydrogens (tertiary/aromatic N) is 22. The number of benzene rings is 8. The summed E-state index contributed by atoms with van der Waals surface area (Å²) in [6.45, 7) is 115. The van der Waals surface area contributed by atoms with Crippen LogP contribution < -0.4 is 39.2 Å². The molecule has 0 fully saturated rings. The van der Waals surface area contributed by atoms with Crippen LogP contribution in [0.15, 0.2) is 180 Å². The highest BCUT2D eigenvalue weighted by Gasteiger charge is 2.44. The summed E-state index contributed by atoms with van der Waals surface area (Å²) >= 11 is 0. The summed E-state index contributed by atoms with van der Waals surface area (Å²) in [6.07, 6.45) is 0.306. The Bertz CT molecular complexity index is 5940. The minimum Gasteiger partial charge on any atom is -0.374 e. The van der Waals surface area contributed by atoms with Gasteiger partial charge < -0.3 is 78.0 Å². The van der Waals surface area contributed by atoms with Crippen LogP contribution in [-0.4, -0.2) is 98.9 Å². The standard InChI is InChI=1S/C20H23N3.C19H21N3.3C15H16N4.C14H14N4/c1-12-11-13(2)19(15(4)14(12)3)23-16(5)22(7)18-10-8-9-17(21-6)20(18)23;1-12-10-11-13(2)18(14(12)3)22-15(4)21(6)17-9-7-8-16(20-5)19(17)22;1-10-7-8-13(11(2)9-10)19-12(3)18(6)14(16-4)15(19)17-5;1-10-7-8-11(2)13(9-10)19-12(3)18(6)14(16-4)15(19)17-5;1-10-8-7-9-11(2)13(10)19-12(3)18(6)14(16-4)15(19)17-5;1-10-8-6-7-9-12(10)18-11(2)17(5)13(15-3)14(18)16-4/h8-11,16H,1-5,7H3;7-11,15H,1-4,6H3;3*7-9,12H,1-3,6H3;6-9,11H,1-2,5H3/t16-;15-;3*12-;11-/m000000/s1. The molecule has 0 spiro atoms. The Morgan fingerprint density at radius 3 is 0.942 bits per heavy atom. The second-order valence-electron chi connectivity index (χ2n) is 31.1. The molecule has 0 amide bonds. The lowest BCUT2D eigenvalue weighted by Gasteiger charge is -2.32. The van der Waals surface area contributed by atoms with Crippen molar-refractivity contribution in [3.63, 3.8) is 0 Å². The largest absolute Gasteiger partial charge is 0.374 e. The lowest BCUT2D eigenvalue weighted by Crippen LogP contribution is -2.36. The first kappa shape index (κ1) is 89.2. The van der Waals surface area contributed by atoms with Crippen LogP contribution in [-0.2, 0) is 0 Å². The van der Waals surface area contributed by atoms with Gasteiger partial charge in [0.25, 0.3) is 23.3 Å². The molecular weight excluding hydrogens is 1490 g/mol. The number of anilines is 10. The third-order valence-corrected chi connectivity index (χ3v) is 24.0. The zero-order chi connectivity index (χ0) is 88.6. The zero-order valence-corrected chi connectivity index (χ0v) is 74.0. The normalized spacial score (nSPS) is 17.8. The van der Waals surface area contributed by atoms with Crippen LogP contribution in [0.3, 0.4) is 0 Å². The Balaban J connectivity index is 0.000000164. The molecule has 8 aromatic carbocycles. The molecule has 6 aliphatic heterocycles. The van der Waals surface area contributed by atoms with E-state index in [1.807, 2.05) is 222 Å². The van der Waals surface area contributed by atoms with Gasteiger partial charge in [0.05, 0.1) is 64.1 Å². The van der Waals surface area contributed by atoms with Crippen LogP contribution >= 0.6 is 0 Å². The van der Waals surface area contributed by atoms with Gasteiger partial charge in [0, 0.05) is 53.2 Å². The first-order valence-electron chi connectivity index (χ1n) is 39.5. The van der Waals surface area contributed by atoms with Crippen LogP contribution in [0.4, 0.5) is 68.2 Å². The number of rotatable bonds is 6. The van der Waals surface area contributed by atoms with Gasteiger partial charge in [0.1, 0.15) is 35.1 Å². The Morgan fingerprint density at radius 2 is 0.525 bits per heavy atom. The molecule has 0 N–H and O–H groups in total. The Hall–Kier alpha value is -14.8. The molecule has 22 heteroatoms. The molecule has 14 rings (SSSR count). The SMILES string of the molecule is [C-]#[N+]C1=C([N+]#[C-])N(c2c(C)cccc2C)[C@@H](C)N1C.[C-]#[N+]C1=C([N+]#[C-])N(c2cc(C)ccc2C)[C@@H](C)N1C.[C-]#[N+]C1=C([N+]#[C-])N(c2ccc(C)cc2C)[C@@H](C)N1C.[C-]#[N+]C1=C([N+]#[C-])N(c2ccccc2C)[C@@H](C)N1C.[C-]#[N+]c1cccc2c1N(c1c(C)cc(C)c(C)c1C)[C@@H](C)N2C.[C-]#[N+]c1cccc2c1N(c1c(C)ccc(C)c1C)[C@@H](C)N2C. The summed E-state index contributed by atoms with van der Waals surface area (Å²) in [5, 5.41) is 0. The van der Waals surface area contributed by atoms with E-state index >= 15 is 0 Å². The average Bonchev–Trinajstić information content (AvgIpc) is 1.58. The summed E-state index contributed by atoms with van der Waals surface area (Å²) in [5.74, 6) is 3.34. The van der Waals surface area contributed by atoms with E-state index in [1.165, 1.54) is 55.9 Å². The van der Waals surface area contributed by atoms with Gasteiger partial charge in [0.15, 0.2) is 0 Å². The summed E-state index contributed by atoms with van der Waals surface area (Å²) < 4.78 is 0. The minimum atomic E-state index is -0.0204. The highest BCUT2D eigenvalue weighted by atomic mass is 15.5. The van der Waals surface area contributed by atoms with Crippen LogP contribution in [0.5, 0.6) is 0 Å². The molecule has 0 saturated heterocycles. The quantitative estimate of drug-likeness (QED) is 0.149. The number of aryl methyl sites for hydroxylation is 11. The van der Waals surface area contributed by atoms with E-state index in [2.05, 4.69) is 199 Å². The van der Waals surface area contributed by atoms with Crippen molar-refractivity contribution in [2.45, 2.75) is 175 Å². The maximum Gasteiger partial charge on any atom is 0.253 e. The van der Waals surface area contributed by atoms with Gasteiger partial charge in [0.2, 0.25) is 59.3 Å². The number of hydrogen-bond acceptors (Lipinski definition) is 12. The fourth-order valence-electron chi connectivity index (χ4n) is 16.4. The van der Waals surface area contributed by atoms with Gasteiger partial charge in [-0.15, -0.1) is 0 Å². The molecule has 0 aromatic heterocycles. The van der Waals surface area contributed by atoms with Crippen molar-refractivity contribution in [2.75, 3.05) is 81.5 Å². The molecule has 0 bridgehead atoms. The van der Waals surface area contributed by atoms with Gasteiger partial charge in [-0.2, -0.15) is 0 Å². The van der Waals surface area contributed by atoms with E-state index in [1.54, 1.807) is 0 Å². The van der Waals surface area contributed by atoms with Crippen LogP contribution in [0.1, 0.15) is 119 Å². The number of hydrogen-bond donors (Lipinski definition) is 0. The van der Waals surface area contributed by atoms with E-state index in [0.717, 1.165) is 84.6 Å². The number of fused-ring (bicyclic) bond motifs is 2. The first-order chi connectivity index (χ1) is 57.0. The molecule has 22 nitrogen and oxygen atoms in total. The van der Waals surface area contributed by atoms with Crippen molar-refractivity contribution in [3.05, 3.63) is 372 Å². The molecule has 608 valence electrons. The molecule has 0 saturated carbocycles. The van der Waals surface area contributed by atoms with Crippen molar-refractivity contribution in [3.8, 4) is 0 Å². The Morgan fingerprint density at radius 1 is 0.208 bits per heavy atom. The van der Waals surface area contributed by atoms with E-state index in [9.17, 15) is 0 Å². The third kappa shape index (κ3) is 16.3. The molecule has 0 aliphatic carbocycles. The van der Waals surface area contributed by atoms with Crippen LogP contribution in [0.25, 0.3) is 48.5 Å². The molecule has 8 aromatic rings. The Labute approximate surface area is 712 Å². The van der Waals surface area contributed by atoms with Crippen molar-refractivity contribution < 1.29 is 0 Å². The van der Waals surface area contributed by atoms with E-state index in [-0.39, 0.29) is 37.0 Å². The van der Waals surface area contributed by atoms with Gasteiger partial charge in [-0.3, -0.25) is 19.6 Å². The second kappa shape index (κ2) is 37.0. The topological polar surface area (TPSA) is 82.5 Å². The molecular formula is C98H106N22.